The van der Waals surface area contributed by atoms with Crippen LogP contribution < -0.4 is 0 Å². The average Bonchev–Trinajstić information content (AvgIpc) is 2.49. The predicted molar refractivity (Wildman–Crippen MR) is 56.4 cm³/mol. The quantitative estimate of drug-likeness (QED) is 0.669. The number of hydrogen-bond acceptors (Lipinski definition) is 1. The summed E-state index contributed by atoms with van der Waals surface area (Å²) in [5, 5.41) is 0. The first-order chi connectivity index (χ1) is 6.68. The van der Waals surface area contributed by atoms with Crippen molar-refractivity contribution in [1.82, 2.24) is 4.57 Å². The van der Waals surface area contributed by atoms with Gasteiger partial charge in [-0.05, 0) is 38.8 Å². The lowest BCUT2D eigenvalue weighted by molar-refractivity contribution is -0.120. The van der Waals surface area contributed by atoms with Crippen LogP contribution >= 0.6 is 0 Å². The van der Waals surface area contributed by atoms with E-state index in [1.807, 2.05) is 0 Å². The molecule has 0 N–H and O–H groups in total. The summed E-state index contributed by atoms with van der Waals surface area (Å²) in [4.78, 5) is 11.1. The van der Waals surface area contributed by atoms with Crippen LogP contribution in [-0.4, -0.2) is 10.4 Å². The maximum absolute atomic E-state index is 11.1. The normalized spacial score (nSPS) is 18.9. The van der Waals surface area contributed by atoms with Gasteiger partial charge in [0.05, 0.1) is 0 Å². The number of Topliss-reactive ketones (excluding diaryl/α,β-unsaturated/α-hetero) is 1. The number of hydrogen-bond donors (Lipinski definition) is 0. The maximum Gasteiger partial charge on any atom is 0.133 e. The van der Waals surface area contributed by atoms with Crippen molar-refractivity contribution in [1.29, 1.82) is 0 Å². The van der Waals surface area contributed by atoms with Crippen molar-refractivity contribution in [2.75, 3.05) is 0 Å². The standard InChI is InChI=1S/C12H17NO/c1-9-3-4-10(2)13(9)11-5-7-12(14)8-6-11/h3-4,11H,5-8H2,1-2H3. The average molecular weight is 191 g/mol. The van der Waals surface area contributed by atoms with Crippen LogP contribution in [-0.2, 0) is 4.79 Å². The SMILES string of the molecule is Cc1ccc(C)n1C1CCC(=O)CC1. The third-order valence-electron chi connectivity index (χ3n) is 3.20. The van der Waals surface area contributed by atoms with E-state index in [1.165, 1.54) is 11.4 Å². The number of rotatable bonds is 1. The van der Waals surface area contributed by atoms with E-state index in [1.54, 1.807) is 0 Å². The van der Waals surface area contributed by atoms with E-state index in [0.717, 1.165) is 25.7 Å². The molecule has 1 aromatic heterocycles. The highest BCUT2D eigenvalue weighted by atomic mass is 16.1. The molecule has 76 valence electrons. The van der Waals surface area contributed by atoms with Crippen molar-refractivity contribution < 1.29 is 4.79 Å². The van der Waals surface area contributed by atoms with Gasteiger partial charge in [-0.15, -0.1) is 0 Å². The van der Waals surface area contributed by atoms with Crippen LogP contribution in [0.2, 0.25) is 0 Å². The zero-order chi connectivity index (χ0) is 10.1. The number of nitrogens with zero attached hydrogens (tertiary/aromatic N) is 1. The highest BCUT2D eigenvalue weighted by molar-refractivity contribution is 5.79. The molecule has 0 aromatic carbocycles. The van der Waals surface area contributed by atoms with Gasteiger partial charge in [-0.2, -0.15) is 0 Å². The number of carbonyl (C=O) groups excluding carboxylic acids is 1. The molecular weight excluding hydrogens is 174 g/mol. The smallest absolute Gasteiger partial charge is 0.133 e. The van der Waals surface area contributed by atoms with E-state index in [-0.39, 0.29) is 0 Å². The summed E-state index contributed by atoms with van der Waals surface area (Å²) < 4.78 is 2.38. The van der Waals surface area contributed by atoms with E-state index in [9.17, 15) is 4.79 Å². The van der Waals surface area contributed by atoms with E-state index in [4.69, 9.17) is 0 Å². The molecule has 1 aromatic rings. The van der Waals surface area contributed by atoms with Gasteiger partial charge in [0, 0.05) is 30.3 Å². The molecule has 2 heteroatoms. The predicted octanol–water partition coefficient (Wildman–Crippen LogP) is 2.79. The first-order valence-corrected chi connectivity index (χ1v) is 5.34. The topological polar surface area (TPSA) is 22.0 Å². The minimum absolute atomic E-state index is 0.434. The van der Waals surface area contributed by atoms with Crippen molar-refractivity contribution in [2.24, 2.45) is 0 Å². The Hall–Kier alpha value is -1.05. The van der Waals surface area contributed by atoms with Gasteiger partial charge in [0.25, 0.3) is 0 Å². The second-order valence-electron chi connectivity index (χ2n) is 4.26. The van der Waals surface area contributed by atoms with Gasteiger partial charge in [0.15, 0.2) is 0 Å². The highest BCUT2D eigenvalue weighted by Crippen LogP contribution is 2.29. The number of aryl methyl sites for hydroxylation is 2. The van der Waals surface area contributed by atoms with Crippen molar-refractivity contribution in [3.05, 3.63) is 23.5 Å². The molecule has 2 nitrogen and oxygen atoms in total. The molecule has 0 amide bonds. The Morgan fingerprint density at radius 1 is 1.14 bits per heavy atom. The van der Waals surface area contributed by atoms with Crippen molar-refractivity contribution in [3.63, 3.8) is 0 Å². The van der Waals surface area contributed by atoms with E-state index < -0.39 is 0 Å². The number of carbonyl (C=O) groups is 1. The summed E-state index contributed by atoms with van der Waals surface area (Å²) in [5.74, 6) is 0.434. The fourth-order valence-electron chi connectivity index (χ4n) is 2.44. The lowest BCUT2D eigenvalue weighted by atomic mass is 9.94. The molecule has 0 radical (unpaired) electrons. The molecule has 0 unspecified atom stereocenters. The van der Waals surface area contributed by atoms with Crippen LogP contribution in [0.4, 0.5) is 0 Å². The second kappa shape index (κ2) is 3.60. The molecule has 0 spiro atoms. The van der Waals surface area contributed by atoms with Crippen LogP contribution in [0.5, 0.6) is 0 Å². The molecule has 1 fully saturated rings. The summed E-state index contributed by atoms with van der Waals surface area (Å²) in [6, 6.07) is 4.88. The van der Waals surface area contributed by atoms with E-state index in [0.29, 0.717) is 11.8 Å². The Kier molecular flexibility index (Phi) is 2.44. The summed E-state index contributed by atoms with van der Waals surface area (Å²) in [7, 11) is 0. The van der Waals surface area contributed by atoms with E-state index in [2.05, 4.69) is 30.5 Å². The van der Waals surface area contributed by atoms with Crippen LogP contribution in [0, 0.1) is 13.8 Å². The first-order valence-electron chi connectivity index (χ1n) is 5.34. The number of aromatic nitrogens is 1. The molecule has 2 rings (SSSR count). The maximum atomic E-state index is 11.1. The molecule has 0 bridgehead atoms. The highest BCUT2D eigenvalue weighted by Gasteiger charge is 2.21. The van der Waals surface area contributed by atoms with Crippen molar-refractivity contribution in [3.8, 4) is 0 Å². The minimum atomic E-state index is 0.434. The zero-order valence-corrected chi connectivity index (χ0v) is 8.92. The van der Waals surface area contributed by atoms with Gasteiger partial charge < -0.3 is 4.57 Å². The lowest BCUT2D eigenvalue weighted by Crippen LogP contribution is -2.19. The Bertz CT molecular complexity index is 322. The van der Waals surface area contributed by atoms with Gasteiger partial charge in [-0.25, -0.2) is 0 Å². The monoisotopic (exact) mass is 191 g/mol. The second-order valence-corrected chi connectivity index (χ2v) is 4.26. The summed E-state index contributed by atoms with van der Waals surface area (Å²) in [6.45, 7) is 4.28. The molecule has 1 aliphatic carbocycles. The van der Waals surface area contributed by atoms with Gasteiger partial charge in [-0.1, -0.05) is 0 Å². The molecule has 0 atom stereocenters. The molecule has 0 saturated heterocycles. The van der Waals surface area contributed by atoms with Gasteiger partial charge >= 0.3 is 0 Å². The van der Waals surface area contributed by atoms with Crippen LogP contribution in [0.3, 0.4) is 0 Å². The number of ketones is 1. The van der Waals surface area contributed by atoms with Crippen LogP contribution in [0.25, 0.3) is 0 Å². The molecule has 1 aliphatic rings. The summed E-state index contributed by atoms with van der Waals surface area (Å²) in [5.41, 5.74) is 2.64. The molecule has 0 aliphatic heterocycles. The third-order valence-corrected chi connectivity index (χ3v) is 3.20. The molecule has 1 heterocycles. The molecular formula is C12H17NO. The fourth-order valence-corrected chi connectivity index (χ4v) is 2.44. The van der Waals surface area contributed by atoms with Crippen molar-refractivity contribution >= 4 is 5.78 Å². The van der Waals surface area contributed by atoms with Crippen LogP contribution in [0.15, 0.2) is 12.1 Å². The summed E-state index contributed by atoms with van der Waals surface area (Å²) >= 11 is 0. The zero-order valence-electron chi connectivity index (χ0n) is 8.92. The Labute approximate surface area is 84.9 Å². The largest absolute Gasteiger partial charge is 0.346 e. The third kappa shape index (κ3) is 1.61. The lowest BCUT2D eigenvalue weighted by Gasteiger charge is -2.25. The van der Waals surface area contributed by atoms with Crippen molar-refractivity contribution in [2.45, 2.75) is 45.6 Å². The van der Waals surface area contributed by atoms with Gasteiger partial charge in [-0.3, -0.25) is 4.79 Å². The Balaban J connectivity index is 2.19. The molecule has 1 saturated carbocycles. The molecule has 14 heavy (non-hydrogen) atoms. The Morgan fingerprint density at radius 2 is 1.64 bits per heavy atom. The van der Waals surface area contributed by atoms with Crippen LogP contribution in [0.1, 0.15) is 43.1 Å². The first kappa shape index (κ1) is 9.50. The summed E-state index contributed by atoms with van der Waals surface area (Å²) in [6.07, 6.45) is 3.58. The van der Waals surface area contributed by atoms with Gasteiger partial charge in [0.1, 0.15) is 5.78 Å². The minimum Gasteiger partial charge on any atom is -0.346 e. The Morgan fingerprint density at radius 3 is 2.14 bits per heavy atom. The van der Waals surface area contributed by atoms with Gasteiger partial charge in [0.2, 0.25) is 0 Å². The fraction of sp³-hybridized carbons (Fsp3) is 0.583. The van der Waals surface area contributed by atoms with E-state index >= 15 is 0 Å².